The average Bonchev–Trinajstić information content (AvgIpc) is 2.94. The highest BCUT2D eigenvalue weighted by Crippen LogP contribution is 2.02. The number of benzene rings is 1. The highest BCUT2D eigenvalue weighted by Gasteiger charge is 2.00. The summed E-state index contributed by atoms with van der Waals surface area (Å²) in [4.78, 5) is 0. The summed E-state index contributed by atoms with van der Waals surface area (Å²) in [5, 5.41) is 16.9. The molecule has 1 aromatic carbocycles. The molecule has 0 fully saturated rings. The SMILES string of the molecule is OCCCc1cn(CCCOCc2ccccc2)nn1. The Balaban J connectivity index is 1.60. The molecule has 1 N–H and O–H groups in total. The van der Waals surface area contributed by atoms with Crippen LogP contribution in [-0.4, -0.2) is 33.3 Å². The number of aliphatic hydroxyl groups excluding tert-OH is 1. The van der Waals surface area contributed by atoms with Crippen molar-refractivity contribution >= 4 is 0 Å². The summed E-state index contributed by atoms with van der Waals surface area (Å²) in [5.74, 6) is 0. The fourth-order valence-electron chi connectivity index (χ4n) is 1.92. The number of aryl methyl sites for hydroxylation is 2. The quantitative estimate of drug-likeness (QED) is 0.709. The summed E-state index contributed by atoms with van der Waals surface area (Å²) < 4.78 is 7.45. The summed E-state index contributed by atoms with van der Waals surface area (Å²) in [6.07, 6.45) is 4.36. The standard InChI is InChI=1S/C15H21N3O2/c19-10-4-8-15-12-18(17-16-15)9-5-11-20-13-14-6-2-1-3-7-14/h1-3,6-7,12,19H,4-5,8-11,13H2. The van der Waals surface area contributed by atoms with E-state index in [-0.39, 0.29) is 6.61 Å². The zero-order valence-corrected chi connectivity index (χ0v) is 11.6. The predicted octanol–water partition coefficient (Wildman–Crippen LogP) is 1.81. The van der Waals surface area contributed by atoms with E-state index in [4.69, 9.17) is 9.84 Å². The van der Waals surface area contributed by atoms with Crippen LogP contribution in [0.1, 0.15) is 24.1 Å². The first-order valence-corrected chi connectivity index (χ1v) is 7.00. The molecule has 0 aliphatic carbocycles. The van der Waals surface area contributed by atoms with E-state index in [1.54, 1.807) is 0 Å². The molecular weight excluding hydrogens is 254 g/mol. The fourth-order valence-corrected chi connectivity index (χ4v) is 1.92. The molecule has 5 nitrogen and oxygen atoms in total. The number of ether oxygens (including phenoxy) is 1. The zero-order chi connectivity index (χ0) is 14.0. The third-order valence-corrected chi connectivity index (χ3v) is 2.96. The molecule has 0 bridgehead atoms. The molecule has 0 saturated carbocycles. The average molecular weight is 275 g/mol. The normalized spacial score (nSPS) is 10.8. The maximum absolute atomic E-state index is 8.76. The zero-order valence-electron chi connectivity index (χ0n) is 11.6. The molecule has 0 saturated heterocycles. The molecule has 0 spiro atoms. The minimum atomic E-state index is 0.195. The minimum absolute atomic E-state index is 0.195. The van der Waals surface area contributed by atoms with E-state index in [2.05, 4.69) is 22.4 Å². The van der Waals surface area contributed by atoms with Crippen molar-refractivity contribution in [2.24, 2.45) is 0 Å². The van der Waals surface area contributed by atoms with Gasteiger partial charge in [-0.2, -0.15) is 0 Å². The molecule has 108 valence electrons. The summed E-state index contributed by atoms with van der Waals surface area (Å²) in [6.45, 7) is 2.36. The van der Waals surface area contributed by atoms with Crippen molar-refractivity contribution < 1.29 is 9.84 Å². The van der Waals surface area contributed by atoms with Gasteiger partial charge in [-0.3, -0.25) is 4.68 Å². The van der Waals surface area contributed by atoms with Crippen LogP contribution in [0.2, 0.25) is 0 Å². The molecule has 2 aromatic rings. The van der Waals surface area contributed by atoms with Crippen molar-refractivity contribution in [2.45, 2.75) is 32.4 Å². The smallest absolute Gasteiger partial charge is 0.0828 e. The number of rotatable bonds is 9. The molecule has 2 rings (SSSR count). The Labute approximate surface area is 119 Å². The molecule has 0 amide bonds. The van der Waals surface area contributed by atoms with Gasteiger partial charge < -0.3 is 9.84 Å². The summed E-state index contributed by atoms with van der Waals surface area (Å²) in [7, 11) is 0. The summed E-state index contributed by atoms with van der Waals surface area (Å²) in [6, 6.07) is 10.2. The third-order valence-electron chi connectivity index (χ3n) is 2.96. The van der Waals surface area contributed by atoms with Gasteiger partial charge in [-0.05, 0) is 24.8 Å². The Bertz CT molecular complexity index is 485. The number of hydrogen-bond donors (Lipinski definition) is 1. The van der Waals surface area contributed by atoms with Crippen LogP contribution in [-0.2, 0) is 24.3 Å². The van der Waals surface area contributed by atoms with Crippen LogP contribution < -0.4 is 0 Å². The van der Waals surface area contributed by atoms with E-state index in [9.17, 15) is 0 Å². The molecule has 0 radical (unpaired) electrons. The highest BCUT2D eigenvalue weighted by molar-refractivity contribution is 5.13. The molecule has 0 aliphatic rings. The number of nitrogens with zero attached hydrogens (tertiary/aromatic N) is 3. The van der Waals surface area contributed by atoms with Crippen molar-refractivity contribution in [1.82, 2.24) is 15.0 Å². The van der Waals surface area contributed by atoms with Crippen LogP contribution in [0.15, 0.2) is 36.5 Å². The largest absolute Gasteiger partial charge is 0.396 e. The van der Waals surface area contributed by atoms with E-state index in [0.29, 0.717) is 13.2 Å². The highest BCUT2D eigenvalue weighted by atomic mass is 16.5. The van der Waals surface area contributed by atoms with E-state index in [1.807, 2.05) is 29.1 Å². The van der Waals surface area contributed by atoms with Gasteiger partial charge >= 0.3 is 0 Å². The Kier molecular flexibility index (Phi) is 6.20. The minimum Gasteiger partial charge on any atom is -0.396 e. The van der Waals surface area contributed by atoms with Gasteiger partial charge in [0.1, 0.15) is 0 Å². The lowest BCUT2D eigenvalue weighted by atomic mass is 10.2. The van der Waals surface area contributed by atoms with Gasteiger partial charge in [0, 0.05) is 26.0 Å². The molecule has 0 aliphatic heterocycles. The first-order valence-electron chi connectivity index (χ1n) is 7.00. The van der Waals surface area contributed by atoms with Gasteiger partial charge in [0.05, 0.1) is 12.3 Å². The lowest BCUT2D eigenvalue weighted by Crippen LogP contribution is -2.03. The van der Waals surface area contributed by atoms with Gasteiger partial charge in [-0.1, -0.05) is 35.5 Å². The second kappa shape index (κ2) is 8.45. The monoisotopic (exact) mass is 275 g/mol. The van der Waals surface area contributed by atoms with Gasteiger partial charge in [-0.15, -0.1) is 5.10 Å². The van der Waals surface area contributed by atoms with E-state index < -0.39 is 0 Å². The lowest BCUT2D eigenvalue weighted by molar-refractivity contribution is 0.115. The third kappa shape index (κ3) is 5.11. The molecule has 1 aromatic heterocycles. The van der Waals surface area contributed by atoms with Gasteiger partial charge in [-0.25, -0.2) is 0 Å². The van der Waals surface area contributed by atoms with Crippen LogP contribution in [0.4, 0.5) is 0 Å². The van der Waals surface area contributed by atoms with Crippen molar-refractivity contribution in [3.8, 4) is 0 Å². The molecule has 0 unspecified atom stereocenters. The fraction of sp³-hybridized carbons (Fsp3) is 0.467. The Morgan fingerprint density at radius 1 is 1.15 bits per heavy atom. The number of aromatic nitrogens is 3. The van der Waals surface area contributed by atoms with Gasteiger partial charge in [0.15, 0.2) is 0 Å². The topological polar surface area (TPSA) is 60.2 Å². The van der Waals surface area contributed by atoms with Crippen LogP contribution in [0.5, 0.6) is 0 Å². The van der Waals surface area contributed by atoms with E-state index in [1.165, 1.54) is 5.56 Å². The molecular formula is C15H21N3O2. The summed E-state index contributed by atoms with van der Waals surface area (Å²) >= 11 is 0. The maximum atomic E-state index is 8.76. The number of hydrogen-bond acceptors (Lipinski definition) is 4. The van der Waals surface area contributed by atoms with Gasteiger partial charge in [0.2, 0.25) is 0 Å². The Hall–Kier alpha value is -1.72. The molecule has 1 heterocycles. The molecule has 5 heteroatoms. The van der Waals surface area contributed by atoms with Gasteiger partial charge in [0.25, 0.3) is 0 Å². The van der Waals surface area contributed by atoms with Crippen LogP contribution >= 0.6 is 0 Å². The van der Waals surface area contributed by atoms with Crippen molar-refractivity contribution in [2.75, 3.05) is 13.2 Å². The summed E-state index contributed by atoms with van der Waals surface area (Å²) in [5.41, 5.74) is 2.13. The van der Waals surface area contributed by atoms with Crippen LogP contribution in [0, 0.1) is 0 Å². The first kappa shape index (κ1) is 14.7. The Morgan fingerprint density at radius 3 is 2.80 bits per heavy atom. The van der Waals surface area contributed by atoms with Crippen LogP contribution in [0.25, 0.3) is 0 Å². The Morgan fingerprint density at radius 2 is 2.00 bits per heavy atom. The lowest BCUT2D eigenvalue weighted by Gasteiger charge is -2.04. The predicted molar refractivity (Wildman–Crippen MR) is 76.1 cm³/mol. The van der Waals surface area contributed by atoms with Crippen molar-refractivity contribution in [3.05, 3.63) is 47.8 Å². The van der Waals surface area contributed by atoms with Crippen molar-refractivity contribution in [1.29, 1.82) is 0 Å². The van der Waals surface area contributed by atoms with E-state index >= 15 is 0 Å². The number of aliphatic hydroxyl groups is 1. The molecule has 20 heavy (non-hydrogen) atoms. The second-order valence-electron chi connectivity index (χ2n) is 4.69. The van der Waals surface area contributed by atoms with E-state index in [0.717, 1.165) is 31.5 Å². The molecule has 0 atom stereocenters. The van der Waals surface area contributed by atoms with Crippen molar-refractivity contribution in [3.63, 3.8) is 0 Å². The van der Waals surface area contributed by atoms with Crippen LogP contribution in [0.3, 0.4) is 0 Å². The second-order valence-corrected chi connectivity index (χ2v) is 4.69. The first-order chi connectivity index (χ1) is 9.88. The maximum Gasteiger partial charge on any atom is 0.0828 e.